The Bertz CT molecular complexity index is 418. The first-order valence-electron chi connectivity index (χ1n) is 6.86. The number of hydrogen-bond acceptors (Lipinski definition) is 3. The summed E-state index contributed by atoms with van der Waals surface area (Å²) >= 11 is 0. The summed E-state index contributed by atoms with van der Waals surface area (Å²) in [4.78, 5) is 13.6. The van der Waals surface area contributed by atoms with Crippen molar-refractivity contribution in [2.75, 3.05) is 31.6 Å². The van der Waals surface area contributed by atoms with E-state index in [1.165, 1.54) is 11.1 Å². The van der Waals surface area contributed by atoms with Crippen LogP contribution in [-0.2, 0) is 11.3 Å². The quantitative estimate of drug-likeness (QED) is 0.786. The molecule has 2 N–H and O–H groups in total. The molecule has 0 aromatic heterocycles. The molecule has 0 saturated heterocycles. The Morgan fingerprint density at radius 3 is 2.63 bits per heavy atom. The molecular weight excluding hydrogens is 238 g/mol. The Kier molecular flexibility index (Phi) is 6.36. The highest BCUT2D eigenvalue weighted by Crippen LogP contribution is 2.20. The molecule has 0 radical (unpaired) electrons. The summed E-state index contributed by atoms with van der Waals surface area (Å²) in [7, 11) is 1.95. The molecule has 0 aliphatic carbocycles. The van der Waals surface area contributed by atoms with Crippen molar-refractivity contribution in [3.05, 3.63) is 29.3 Å². The molecule has 106 valence electrons. The van der Waals surface area contributed by atoms with Gasteiger partial charge in [-0.2, -0.15) is 0 Å². The number of anilines is 1. The molecule has 0 saturated carbocycles. The number of benzene rings is 1. The van der Waals surface area contributed by atoms with E-state index in [2.05, 4.69) is 42.7 Å². The minimum Gasteiger partial charge on any atom is -0.365 e. The van der Waals surface area contributed by atoms with E-state index in [9.17, 15) is 4.79 Å². The first-order valence-corrected chi connectivity index (χ1v) is 6.86. The summed E-state index contributed by atoms with van der Waals surface area (Å²) in [5, 5.41) is 6.16. The second-order valence-electron chi connectivity index (χ2n) is 4.72. The molecule has 1 aromatic rings. The lowest BCUT2D eigenvalue weighted by atomic mass is 10.1. The minimum atomic E-state index is 0.0555. The molecule has 0 atom stereocenters. The summed E-state index contributed by atoms with van der Waals surface area (Å²) in [6.07, 6.45) is 0. The van der Waals surface area contributed by atoms with Gasteiger partial charge in [-0.25, -0.2) is 0 Å². The molecule has 1 rings (SSSR count). The van der Waals surface area contributed by atoms with Gasteiger partial charge in [-0.1, -0.05) is 24.6 Å². The molecular formula is C15H25N3O. The third-order valence-corrected chi connectivity index (χ3v) is 2.97. The van der Waals surface area contributed by atoms with Crippen LogP contribution in [0.2, 0.25) is 0 Å². The van der Waals surface area contributed by atoms with Gasteiger partial charge in [-0.3, -0.25) is 4.79 Å². The van der Waals surface area contributed by atoms with E-state index in [-0.39, 0.29) is 5.91 Å². The largest absolute Gasteiger partial charge is 0.365 e. The molecule has 19 heavy (non-hydrogen) atoms. The van der Waals surface area contributed by atoms with Gasteiger partial charge in [-0.15, -0.1) is 0 Å². The Balaban J connectivity index is 2.82. The van der Waals surface area contributed by atoms with Gasteiger partial charge in [0.05, 0.1) is 6.54 Å². The third-order valence-electron chi connectivity index (χ3n) is 2.97. The van der Waals surface area contributed by atoms with Crippen molar-refractivity contribution in [1.82, 2.24) is 10.6 Å². The standard InChI is InChI=1S/C15H25N3O/c1-5-16-10-13-9-12(3)7-8-14(13)18(4)11-15(19)17-6-2/h7-9,16H,5-6,10-11H2,1-4H3,(H,17,19). The van der Waals surface area contributed by atoms with Crippen molar-refractivity contribution in [1.29, 1.82) is 0 Å². The molecule has 0 aliphatic rings. The number of nitrogens with zero attached hydrogens (tertiary/aromatic N) is 1. The Morgan fingerprint density at radius 2 is 2.00 bits per heavy atom. The number of rotatable bonds is 7. The van der Waals surface area contributed by atoms with Crippen LogP contribution in [0.1, 0.15) is 25.0 Å². The molecule has 0 bridgehead atoms. The van der Waals surface area contributed by atoms with Crippen molar-refractivity contribution in [2.45, 2.75) is 27.3 Å². The lowest BCUT2D eigenvalue weighted by Gasteiger charge is -2.22. The number of aryl methyl sites for hydroxylation is 1. The van der Waals surface area contributed by atoms with Gasteiger partial charge in [0.1, 0.15) is 0 Å². The SMILES string of the molecule is CCNCc1cc(C)ccc1N(C)CC(=O)NCC. The zero-order chi connectivity index (χ0) is 14.3. The molecule has 0 unspecified atom stereocenters. The lowest BCUT2D eigenvalue weighted by molar-refractivity contribution is -0.119. The predicted octanol–water partition coefficient (Wildman–Crippen LogP) is 1.68. The van der Waals surface area contributed by atoms with E-state index in [4.69, 9.17) is 0 Å². The predicted molar refractivity (Wildman–Crippen MR) is 80.5 cm³/mol. The maximum Gasteiger partial charge on any atom is 0.239 e. The fourth-order valence-electron chi connectivity index (χ4n) is 2.04. The van der Waals surface area contributed by atoms with Gasteiger partial charge in [0.15, 0.2) is 0 Å². The van der Waals surface area contributed by atoms with Crippen LogP contribution >= 0.6 is 0 Å². The van der Waals surface area contributed by atoms with E-state index in [0.717, 1.165) is 18.8 Å². The minimum absolute atomic E-state index is 0.0555. The molecule has 4 nitrogen and oxygen atoms in total. The zero-order valence-corrected chi connectivity index (χ0v) is 12.4. The third kappa shape index (κ3) is 4.91. The van der Waals surface area contributed by atoms with Gasteiger partial charge >= 0.3 is 0 Å². The van der Waals surface area contributed by atoms with Crippen molar-refractivity contribution >= 4 is 11.6 Å². The van der Waals surface area contributed by atoms with Gasteiger partial charge in [-0.05, 0) is 32.0 Å². The molecule has 4 heteroatoms. The van der Waals surface area contributed by atoms with Crippen LogP contribution in [0.25, 0.3) is 0 Å². The van der Waals surface area contributed by atoms with Gasteiger partial charge < -0.3 is 15.5 Å². The second-order valence-corrected chi connectivity index (χ2v) is 4.72. The van der Waals surface area contributed by atoms with Crippen LogP contribution in [0.5, 0.6) is 0 Å². The van der Waals surface area contributed by atoms with Crippen molar-refractivity contribution in [3.8, 4) is 0 Å². The van der Waals surface area contributed by atoms with E-state index < -0.39 is 0 Å². The summed E-state index contributed by atoms with van der Waals surface area (Å²) in [5.74, 6) is 0.0555. The summed E-state index contributed by atoms with van der Waals surface area (Å²) < 4.78 is 0. The highest BCUT2D eigenvalue weighted by molar-refractivity contribution is 5.81. The van der Waals surface area contributed by atoms with Crippen molar-refractivity contribution in [3.63, 3.8) is 0 Å². The second kappa shape index (κ2) is 7.79. The highest BCUT2D eigenvalue weighted by Gasteiger charge is 2.10. The summed E-state index contributed by atoms with van der Waals surface area (Å²) in [6, 6.07) is 6.34. The fourth-order valence-corrected chi connectivity index (χ4v) is 2.04. The topological polar surface area (TPSA) is 44.4 Å². The van der Waals surface area contributed by atoms with Crippen molar-refractivity contribution in [2.24, 2.45) is 0 Å². The Morgan fingerprint density at radius 1 is 1.26 bits per heavy atom. The van der Waals surface area contributed by atoms with Crippen LogP contribution < -0.4 is 15.5 Å². The first-order chi connectivity index (χ1) is 9.08. The van der Waals surface area contributed by atoms with Gasteiger partial charge in [0, 0.05) is 25.8 Å². The molecule has 1 aromatic carbocycles. The monoisotopic (exact) mass is 263 g/mol. The molecule has 0 fully saturated rings. The Labute approximate surface area is 116 Å². The number of carbonyl (C=O) groups excluding carboxylic acids is 1. The normalized spacial score (nSPS) is 10.3. The van der Waals surface area contributed by atoms with Gasteiger partial charge in [0.2, 0.25) is 5.91 Å². The number of likely N-dealkylation sites (N-methyl/N-ethyl adjacent to an activating group) is 2. The molecule has 0 heterocycles. The maximum atomic E-state index is 11.7. The van der Waals surface area contributed by atoms with Crippen LogP contribution in [0.15, 0.2) is 18.2 Å². The van der Waals surface area contributed by atoms with Gasteiger partial charge in [0.25, 0.3) is 0 Å². The smallest absolute Gasteiger partial charge is 0.239 e. The van der Waals surface area contributed by atoms with Crippen molar-refractivity contribution < 1.29 is 4.79 Å². The summed E-state index contributed by atoms with van der Waals surface area (Å²) in [5.41, 5.74) is 3.58. The lowest BCUT2D eigenvalue weighted by Crippen LogP contribution is -2.35. The number of hydrogen-bond donors (Lipinski definition) is 2. The summed E-state index contributed by atoms with van der Waals surface area (Å²) in [6.45, 7) is 8.93. The average molecular weight is 263 g/mol. The van der Waals surface area contributed by atoms with Crippen LogP contribution in [-0.4, -0.2) is 32.6 Å². The molecule has 1 amide bonds. The number of carbonyl (C=O) groups is 1. The fraction of sp³-hybridized carbons (Fsp3) is 0.533. The van der Waals surface area contributed by atoms with E-state index in [1.54, 1.807) is 0 Å². The number of nitrogens with one attached hydrogen (secondary N) is 2. The number of amides is 1. The van der Waals surface area contributed by atoms with Crippen LogP contribution in [0.3, 0.4) is 0 Å². The van der Waals surface area contributed by atoms with Crippen LogP contribution in [0, 0.1) is 6.92 Å². The molecule has 0 aliphatic heterocycles. The first kappa shape index (κ1) is 15.5. The van der Waals surface area contributed by atoms with E-state index in [1.807, 2.05) is 18.9 Å². The zero-order valence-electron chi connectivity index (χ0n) is 12.4. The van der Waals surface area contributed by atoms with E-state index >= 15 is 0 Å². The van der Waals surface area contributed by atoms with Crippen LogP contribution in [0.4, 0.5) is 5.69 Å². The molecule has 0 spiro atoms. The van der Waals surface area contributed by atoms with E-state index in [0.29, 0.717) is 13.1 Å². The average Bonchev–Trinajstić information content (AvgIpc) is 2.36. The maximum absolute atomic E-state index is 11.7. The highest BCUT2D eigenvalue weighted by atomic mass is 16.2. The Hall–Kier alpha value is -1.55.